The summed E-state index contributed by atoms with van der Waals surface area (Å²) in [5, 5.41) is 3.37. The van der Waals surface area contributed by atoms with Crippen molar-refractivity contribution in [3.8, 4) is 0 Å². The van der Waals surface area contributed by atoms with Gasteiger partial charge in [-0.3, -0.25) is 4.79 Å². The number of hydrogen-bond acceptors (Lipinski definition) is 2. The van der Waals surface area contributed by atoms with Crippen LogP contribution in [0.1, 0.15) is 34.5 Å². The monoisotopic (exact) mass is 175 g/mol. The molecule has 13 heavy (non-hydrogen) atoms. The predicted molar refractivity (Wildman–Crippen MR) is 52.0 cm³/mol. The van der Waals surface area contributed by atoms with E-state index in [4.69, 9.17) is 0 Å². The molecule has 0 aromatic heterocycles. The summed E-state index contributed by atoms with van der Waals surface area (Å²) in [6.45, 7) is 3.10. The molecule has 0 radical (unpaired) electrons. The average Bonchev–Trinajstić information content (AvgIpc) is 2.18. The minimum absolute atomic E-state index is 0.378. The minimum Gasteiger partial charge on any atom is -0.310 e. The summed E-state index contributed by atoms with van der Waals surface area (Å²) in [7, 11) is 0. The lowest BCUT2D eigenvalue weighted by Crippen LogP contribution is -2.28. The van der Waals surface area contributed by atoms with E-state index in [-0.39, 0.29) is 0 Å². The molecule has 1 aliphatic heterocycles. The third kappa shape index (κ3) is 1.38. The van der Waals surface area contributed by atoms with Crippen molar-refractivity contribution in [1.82, 2.24) is 5.32 Å². The number of nitrogens with one attached hydrogen (secondary N) is 1. The Kier molecular flexibility index (Phi) is 2.15. The Morgan fingerprint density at radius 2 is 2.38 bits per heavy atom. The van der Waals surface area contributed by atoms with Gasteiger partial charge in [-0.15, -0.1) is 0 Å². The summed E-state index contributed by atoms with van der Waals surface area (Å²) >= 11 is 0. The fourth-order valence-electron chi connectivity index (χ4n) is 1.95. The van der Waals surface area contributed by atoms with Gasteiger partial charge in [0, 0.05) is 11.6 Å². The summed E-state index contributed by atoms with van der Waals surface area (Å²) in [5.41, 5.74) is 3.35. The molecule has 2 nitrogen and oxygen atoms in total. The molecular weight excluding hydrogens is 162 g/mol. The van der Waals surface area contributed by atoms with Crippen LogP contribution >= 0.6 is 0 Å². The molecule has 0 saturated carbocycles. The zero-order valence-corrected chi connectivity index (χ0v) is 7.71. The van der Waals surface area contributed by atoms with Gasteiger partial charge in [0.1, 0.15) is 6.29 Å². The van der Waals surface area contributed by atoms with Crippen molar-refractivity contribution in [2.24, 2.45) is 0 Å². The Bertz CT molecular complexity index is 333. The fraction of sp³-hybridized carbons (Fsp3) is 0.364. The van der Waals surface area contributed by atoms with Crippen LogP contribution in [0.3, 0.4) is 0 Å². The Labute approximate surface area is 78.0 Å². The van der Waals surface area contributed by atoms with Crippen molar-refractivity contribution < 1.29 is 4.79 Å². The van der Waals surface area contributed by atoms with Gasteiger partial charge in [-0.25, -0.2) is 0 Å². The molecule has 2 heteroatoms. The second kappa shape index (κ2) is 3.30. The van der Waals surface area contributed by atoms with Crippen molar-refractivity contribution in [2.75, 3.05) is 6.54 Å². The lowest BCUT2D eigenvalue weighted by Gasteiger charge is -2.24. The third-order valence-electron chi connectivity index (χ3n) is 2.67. The number of aldehydes is 1. The van der Waals surface area contributed by atoms with Gasteiger partial charge in [-0.05, 0) is 31.0 Å². The van der Waals surface area contributed by atoms with Gasteiger partial charge < -0.3 is 5.32 Å². The second-order valence-electron chi connectivity index (χ2n) is 3.46. The van der Waals surface area contributed by atoms with Crippen LogP contribution in [0.4, 0.5) is 0 Å². The van der Waals surface area contributed by atoms with Crippen molar-refractivity contribution in [3.05, 3.63) is 34.9 Å². The number of hydrogen-bond donors (Lipinski definition) is 1. The lowest BCUT2D eigenvalue weighted by atomic mass is 9.92. The molecule has 1 aromatic rings. The summed E-state index contributed by atoms with van der Waals surface area (Å²) in [6.07, 6.45) is 1.92. The van der Waals surface area contributed by atoms with Gasteiger partial charge in [0.05, 0.1) is 0 Å². The Balaban J connectivity index is 2.54. The van der Waals surface area contributed by atoms with Crippen LogP contribution in [-0.2, 0) is 6.42 Å². The van der Waals surface area contributed by atoms with Crippen molar-refractivity contribution >= 4 is 6.29 Å². The van der Waals surface area contributed by atoms with Gasteiger partial charge in [0.2, 0.25) is 0 Å². The zero-order chi connectivity index (χ0) is 9.26. The van der Waals surface area contributed by atoms with Gasteiger partial charge in [0.15, 0.2) is 0 Å². The van der Waals surface area contributed by atoms with Crippen molar-refractivity contribution in [3.63, 3.8) is 0 Å². The fourth-order valence-corrected chi connectivity index (χ4v) is 1.95. The number of carbonyl (C=O) groups is 1. The summed E-state index contributed by atoms with van der Waals surface area (Å²) < 4.78 is 0. The van der Waals surface area contributed by atoms with E-state index in [2.05, 4.69) is 18.3 Å². The highest BCUT2D eigenvalue weighted by Crippen LogP contribution is 2.24. The molecule has 1 heterocycles. The second-order valence-corrected chi connectivity index (χ2v) is 3.46. The van der Waals surface area contributed by atoms with E-state index in [0.717, 1.165) is 24.8 Å². The van der Waals surface area contributed by atoms with E-state index in [1.165, 1.54) is 11.1 Å². The highest BCUT2D eigenvalue weighted by Gasteiger charge is 2.17. The lowest BCUT2D eigenvalue weighted by molar-refractivity contribution is 0.112. The Hall–Kier alpha value is -1.15. The highest BCUT2D eigenvalue weighted by atomic mass is 16.1. The van der Waals surface area contributed by atoms with Crippen LogP contribution in [0.5, 0.6) is 0 Å². The highest BCUT2D eigenvalue weighted by molar-refractivity contribution is 5.78. The quantitative estimate of drug-likeness (QED) is 0.658. The molecule has 1 aromatic carbocycles. The summed E-state index contributed by atoms with van der Waals surface area (Å²) in [6, 6.07) is 6.32. The molecule has 1 N–H and O–H groups in total. The van der Waals surface area contributed by atoms with Crippen molar-refractivity contribution in [2.45, 2.75) is 19.4 Å². The predicted octanol–water partition coefficient (Wildman–Crippen LogP) is 1.71. The molecule has 0 aliphatic carbocycles. The molecule has 0 saturated heterocycles. The number of rotatable bonds is 1. The first-order valence-electron chi connectivity index (χ1n) is 4.63. The maximum atomic E-state index is 10.8. The van der Waals surface area contributed by atoms with Crippen molar-refractivity contribution in [1.29, 1.82) is 0 Å². The molecular formula is C11H13NO. The number of benzene rings is 1. The van der Waals surface area contributed by atoms with Crippen LogP contribution in [0.15, 0.2) is 18.2 Å². The molecule has 2 rings (SSSR count). The first-order chi connectivity index (χ1) is 6.33. The van der Waals surface area contributed by atoms with Crippen LogP contribution in [0, 0.1) is 0 Å². The first kappa shape index (κ1) is 8.45. The van der Waals surface area contributed by atoms with E-state index in [1.807, 2.05) is 12.1 Å². The van der Waals surface area contributed by atoms with E-state index in [0.29, 0.717) is 6.04 Å². The number of fused-ring (bicyclic) bond motifs is 1. The van der Waals surface area contributed by atoms with Gasteiger partial charge in [-0.2, -0.15) is 0 Å². The summed E-state index contributed by atoms with van der Waals surface area (Å²) in [4.78, 5) is 10.8. The van der Waals surface area contributed by atoms with E-state index < -0.39 is 0 Å². The van der Waals surface area contributed by atoms with Crippen LogP contribution in [0.2, 0.25) is 0 Å². The first-order valence-corrected chi connectivity index (χ1v) is 4.63. The maximum absolute atomic E-state index is 10.8. The van der Waals surface area contributed by atoms with Gasteiger partial charge >= 0.3 is 0 Å². The summed E-state index contributed by atoms with van der Waals surface area (Å²) in [5.74, 6) is 0. The topological polar surface area (TPSA) is 29.1 Å². The molecule has 68 valence electrons. The van der Waals surface area contributed by atoms with E-state index in [1.54, 1.807) is 0 Å². The van der Waals surface area contributed by atoms with Crippen LogP contribution in [0.25, 0.3) is 0 Å². The Morgan fingerprint density at radius 1 is 1.54 bits per heavy atom. The zero-order valence-electron chi connectivity index (χ0n) is 7.71. The Morgan fingerprint density at radius 3 is 3.15 bits per heavy atom. The molecule has 0 fully saturated rings. The molecule has 0 amide bonds. The van der Waals surface area contributed by atoms with Gasteiger partial charge in [-0.1, -0.05) is 18.2 Å². The standard InChI is InChI=1S/C11H13NO/c1-8-10-4-2-3-9(7-13)11(10)5-6-12-8/h2-4,7-8,12H,5-6H2,1H3. The molecule has 1 unspecified atom stereocenters. The number of carbonyl (C=O) groups excluding carboxylic acids is 1. The largest absolute Gasteiger partial charge is 0.310 e. The van der Waals surface area contributed by atoms with E-state index >= 15 is 0 Å². The average molecular weight is 175 g/mol. The van der Waals surface area contributed by atoms with Crippen LogP contribution in [-0.4, -0.2) is 12.8 Å². The minimum atomic E-state index is 0.378. The SMILES string of the molecule is CC1NCCc2c(C=O)cccc21. The third-order valence-corrected chi connectivity index (χ3v) is 2.67. The normalized spacial score (nSPS) is 20.8. The van der Waals surface area contributed by atoms with Gasteiger partial charge in [0.25, 0.3) is 0 Å². The van der Waals surface area contributed by atoms with E-state index in [9.17, 15) is 4.79 Å². The molecule has 0 bridgehead atoms. The smallest absolute Gasteiger partial charge is 0.150 e. The molecule has 0 spiro atoms. The molecule has 1 atom stereocenters. The van der Waals surface area contributed by atoms with Crippen LogP contribution < -0.4 is 5.32 Å². The maximum Gasteiger partial charge on any atom is 0.150 e. The molecule has 1 aliphatic rings.